The van der Waals surface area contributed by atoms with E-state index in [0.29, 0.717) is 5.82 Å². The average Bonchev–Trinajstić information content (AvgIpc) is 2.66. The van der Waals surface area contributed by atoms with Gasteiger partial charge in [-0.1, -0.05) is 0 Å². The summed E-state index contributed by atoms with van der Waals surface area (Å²) in [5.74, 6) is -2.17. The maximum atomic E-state index is 10.6. The molecule has 0 fully saturated rings. The molecule has 2 aromatic heterocycles. The molecule has 0 saturated carbocycles. The highest BCUT2D eigenvalue weighted by molar-refractivity contribution is 5.88. The average molecular weight is 247 g/mol. The molecule has 0 aliphatic rings. The topological polar surface area (TPSA) is 92.0 Å². The molecule has 4 N–H and O–H groups in total. The number of hydrogen-bond acceptors (Lipinski definition) is 3. The van der Waals surface area contributed by atoms with Gasteiger partial charge in [-0.05, 0) is 12.1 Å². The third kappa shape index (κ3) is 3.37. The maximum Gasteiger partial charge on any atom is 0.490 e. The number of halogens is 3. The predicted molar refractivity (Wildman–Crippen MR) is 54.2 cm³/mol. The second kappa shape index (κ2) is 4.73. The van der Waals surface area contributed by atoms with E-state index in [1.54, 1.807) is 6.20 Å². The number of nitrogens with one attached hydrogen (secondary N) is 1. The second-order valence-corrected chi connectivity index (χ2v) is 2.94. The van der Waals surface area contributed by atoms with Gasteiger partial charge >= 0.3 is 12.1 Å². The van der Waals surface area contributed by atoms with Gasteiger partial charge in [0.15, 0.2) is 0 Å². The molecule has 0 aliphatic carbocycles. The van der Waals surface area contributed by atoms with Gasteiger partial charge in [0, 0.05) is 17.8 Å². The minimum atomic E-state index is -5.08. The van der Waals surface area contributed by atoms with E-state index in [4.69, 9.17) is 15.6 Å². The number of pyridine rings is 1. The van der Waals surface area contributed by atoms with Crippen molar-refractivity contribution < 1.29 is 23.1 Å². The van der Waals surface area contributed by atoms with E-state index in [1.165, 1.54) is 0 Å². The molecule has 8 heteroatoms. The van der Waals surface area contributed by atoms with E-state index in [2.05, 4.69) is 9.97 Å². The van der Waals surface area contributed by atoms with Gasteiger partial charge in [-0.2, -0.15) is 13.2 Å². The SMILES string of the molecule is Nc1nccc2[nH]ccc12.O=C(O)C(F)(F)F. The first-order chi connectivity index (χ1) is 7.82. The first-order valence-corrected chi connectivity index (χ1v) is 4.30. The van der Waals surface area contributed by atoms with E-state index < -0.39 is 12.1 Å². The molecule has 0 aromatic carbocycles. The summed E-state index contributed by atoms with van der Waals surface area (Å²) >= 11 is 0. The summed E-state index contributed by atoms with van der Waals surface area (Å²) in [4.78, 5) is 15.9. The molecule has 2 rings (SSSR count). The predicted octanol–water partition coefficient (Wildman–Crippen LogP) is 1.78. The number of fused-ring (bicyclic) bond motifs is 1. The molecule has 0 atom stereocenters. The Kier molecular flexibility index (Phi) is 3.56. The Bertz CT molecular complexity index is 521. The molecule has 92 valence electrons. The molecule has 2 aromatic rings. The smallest absolute Gasteiger partial charge is 0.475 e. The Morgan fingerprint density at radius 2 is 2.00 bits per heavy atom. The van der Waals surface area contributed by atoms with Crippen LogP contribution in [0.1, 0.15) is 0 Å². The normalized spacial score (nSPS) is 10.8. The van der Waals surface area contributed by atoms with Crippen LogP contribution in [0.5, 0.6) is 0 Å². The summed E-state index contributed by atoms with van der Waals surface area (Å²) in [6, 6.07) is 3.81. The van der Waals surface area contributed by atoms with E-state index in [9.17, 15) is 13.2 Å². The van der Waals surface area contributed by atoms with Gasteiger partial charge in [0.05, 0.1) is 5.52 Å². The quantitative estimate of drug-likeness (QED) is 0.661. The van der Waals surface area contributed by atoms with Crippen LogP contribution in [0, 0.1) is 0 Å². The number of hydrogen-bond donors (Lipinski definition) is 3. The molecule has 0 saturated heterocycles. The number of carbonyl (C=O) groups is 1. The monoisotopic (exact) mass is 247 g/mol. The number of nitrogens with zero attached hydrogens (tertiary/aromatic N) is 1. The number of aromatic nitrogens is 2. The molecule has 0 bridgehead atoms. The molecule has 0 amide bonds. The third-order valence-electron chi connectivity index (χ3n) is 1.75. The van der Waals surface area contributed by atoms with Gasteiger partial charge in [0.1, 0.15) is 5.82 Å². The van der Waals surface area contributed by atoms with Crippen LogP contribution < -0.4 is 5.73 Å². The van der Waals surface area contributed by atoms with Crippen molar-refractivity contribution in [1.29, 1.82) is 0 Å². The highest BCUT2D eigenvalue weighted by Crippen LogP contribution is 2.15. The van der Waals surface area contributed by atoms with Crippen LogP contribution in [0.25, 0.3) is 10.9 Å². The zero-order valence-electron chi connectivity index (χ0n) is 8.32. The van der Waals surface area contributed by atoms with Crippen LogP contribution in [-0.2, 0) is 4.79 Å². The van der Waals surface area contributed by atoms with Gasteiger partial charge in [-0.25, -0.2) is 9.78 Å². The zero-order chi connectivity index (χ0) is 13.1. The van der Waals surface area contributed by atoms with Crippen molar-refractivity contribution in [2.24, 2.45) is 0 Å². The molecule has 0 aliphatic heterocycles. The number of nitrogens with two attached hydrogens (primary N) is 1. The van der Waals surface area contributed by atoms with E-state index in [-0.39, 0.29) is 0 Å². The highest BCUT2D eigenvalue weighted by Gasteiger charge is 2.38. The Hall–Kier alpha value is -2.25. The molecular weight excluding hydrogens is 239 g/mol. The fourth-order valence-corrected chi connectivity index (χ4v) is 1.01. The lowest BCUT2D eigenvalue weighted by Gasteiger charge is -1.93. The van der Waals surface area contributed by atoms with Crippen molar-refractivity contribution in [3.63, 3.8) is 0 Å². The second-order valence-electron chi connectivity index (χ2n) is 2.94. The van der Waals surface area contributed by atoms with Gasteiger partial charge in [0.25, 0.3) is 0 Å². The van der Waals surface area contributed by atoms with Crippen molar-refractivity contribution in [2.75, 3.05) is 5.73 Å². The number of rotatable bonds is 0. The Labute approximate surface area is 93.1 Å². The van der Waals surface area contributed by atoms with Crippen LogP contribution >= 0.6 is 0 Å². The van der Waals surface area contributed by atoms with Crippen LogP contribution in [0.2, 0.25) is 0 Å². The molecule has 5 nitrogen and oxygen atoms in total. The molecular formula is C9H8F3N3O2. The third-order valence-corrected chi connectivity index (χ3v) is 1.75. The van der Waals surface area contributed by atoms with Gasteiger partial charge < -0.3 is 15.8 Å². The van der Waals surface area contributed by atoms with E-state index in [0.717, 1.165) is 10.9 Å². The van der Waals surface area contributed by atoms with Crippen LogP contribution in [-0.4, -0.2) is 27.2 Å². The van der Waals surface area contributed by atoms with Crippen molar-refractivity contribution in [3.05, 3.63) is 24.5 Å². The molecule has 0 unspecified atom stereocenters. The zero-order valence-corrected chi connectivity index (χ0v) is 8.32. The first-order valence-electron chi connectivity index (χ1n) is 4.30. The largest absolute Gasteiger partial charge is 0.490 e. The number of carboxylic acid groups (broad SMARTS) is 1. The van der Waals surface area contributed by atoms with E-state index >= 15 is 0 Å². The number of nitrogen functional groups attached to an aromatic ring is 1. The van der Waals surface area contributed by atoms with Crippen molar-refractivity contribution >= 4 is 22.7 Å². The number of aromatic amines is 1. The van der Waals surface area contributed by atoms with Crippen LogP contribution in [0.15, 0.2) is 24.5 Å². The fourth-order valence-electron chi connectivity index (χ4n) is 1.01. The van der Waals surface area contributed by atoms with Crippen molar-refractivity contribution in [2.45, 2.75) is 6.18 Å². The molecule has 0 spiro atoms. The fraction of sp³-hybridized carbons (Fsp3) is 0.111. The van der Waals surface area contributed by atoms with Crippen molar-refractivity contribution in [3.8, 4) is 0 Å². The first kappa shape index (κ1) is 12.8. The number of alkyl halides is 3. The summed E-state index contributed by atoms with van der Waals surface area (Å²) in [6.07, 6.45) is -1.54. The van der Waals surface area contributed by atoms with E-state index in [1.807, 2.05) is 18.3 Å². The highest BCUT2D eigenvalue weighted by atomic mass is 19.4. The standard InChI is InChI=1S/C7H7N3.C2HF3O2/c8-7-5-1-3-9-6(5)2-4-10-7;3-2(4,5)1(6)7/h1-4,9H,(H2,8,10);(H,6,7). The van der Waals surface area contributed by atoms with Crippen LogP contribution in [0.3, 0.4) is 0 Å². The Morgan fingerprint density at radius 3 is 2.47 bits per heavy atom. The summed E-state index contributed by atoms with van der Waals surface area (Å²) in [6.45, 7) is 0. The molecule has 2 heterocycles. The lowest BCUT2D eigenvalue weighted by atomic mass is 10.3. The number of anilines is 1. The molecule has 0 radical (unpaired) electrons. The Morgan fingerprint density at radius 1 is 1.41 bits per heavy atom. The lowest BCUT2D eigenvalue weighted by molar-refractivity contribution is -0.192. The summed E-state index contributed by atoms with van der Waals surface area (Å²) < 4.78 is 31.7. The Balaban J connectivity index is 0.000000185. The van der Waals surface area contributed by atoms with Crippen molar-refractivity contribution in [1.82, 2.24) is 9.97 Å². The minimum absolute atomic E-state index is 0.582. The number of carboxylic acids is 1. The molecule has 17 heavy (non-hydrogen) atoms. The summed E-state index contributed by atoms with van der Waals surface area (Å²) in [7, 11) is 0. The van der Waals surface area contributed by atoms with Gasteiger partial charge in [-0.15, -0.1) is 0 Å². The summed E-state index contributed by atoms with van der Waals surface area (Å²) in [5, 5.41) is 8.11. The maximum absolute atomic E-state index is 10.6. The lowest BCUT2D eigenvalue weighted by Crippen LogP contribution is -2.21. The van der Waals surface area contributed by atoms with Gasteiger partial charge in [0.2, 0.25) is 0 Å². The summed E-state index contributed by atoms with van der Waals surface area (Å²) in [5.41, 5.74) is 6.60. The number of H-pyrrole nitrogens is 1. The van der Waals surface area contributed by atoms with Gasteiger partial charge in [-0.3, -0.25) is 0 Å². The minimum Gasteiger partial charge on any atom is -0.475 e. The van der Waals surface area contributed by atoms with Crippen LogP contribution in [0.4, 0.5) is 19.0 Å². The number of aliphatic carboxylic acids is 1.